The number of carbonyl (C=O) groups is 6. The second-order valence-electron chi connectivity index (χ2n) is 22.1. The molecule has 0 aromatic heterocycles. The molecule has 23 nitrogen and oxygen atoms in total. The van der Waals surface area contributed by atoms with Crippen LogP contribution in [0.5, 0.6) is 0 Å². The number of nitrogens with one attached hydrogen (secondary N) is 6. The Labute approximate surface area is 449 Å². The molecule has 1 saturated carbocycles. The Bertz CT molecular complexity index is 1730. The van der Waals surface area contributed by atoms with E-state index in [2.05, 4.69) is 59.6 Å². The van der Waals surface area contributed by atoms with Crippen LogP contribution in [-0.4, -0.2) is 192 Å². The number of aliphatic hydroxyl groups excluding tert-OH is 6. The fraction of sp³-hybridized carbons (Fsp3) is 0.887. The summed E-state index contributed by atoms with van der Waals surface area (Å²) >= 11 is 0. The highest BCUT2D eigenvalue weighted by Crippen LogP contribution is 2.33. The molecular weight excluding hydrogens is 993 g/mol. The van der Waals surface area contributed by atoms with Crippen LogP contribution in [0.4, 0.5) is 0 Å². The predicted octanol–water partition coefficient (Wildman–Crippen LogP) is 0.459. The monoisotopic (exact) mass is 1090 g/mol. The normalized spacial score (nSPS) is 27.3. The molecule has 0 spiro atoms. The first-order valence-corrected chi connectivity index (χ1v) is 27.9. The highest BCUT2D eigenvalue weighted by molar-refractivity contribution is 5.87. The van der Waals surface area contributed by atoms with E-state index < -0.39 is 92.4 Å². The maximum absolute atomic E-state index is 13.5. The van der Waals surface area contributed by atoms with Crippen LogP contribution in [0.25, 0.3) is 0 Å². The summed E-state index contributed by atoms with van der Waals surface area (Å²) in [6, 6.07) is -2.90. The summed E-state index contributed by atoms with van der Waals surface area (Å²) in [6.45, 7) is 12.6. The lowest BCUT2D eigenvalue weighted by atomic mass is 9.82. The van der Waals surface area contributed by atoms with Gasteiger partial charge in [-0.3, -0.25) is 28.8 Å². The zero-order valence-corrected chi connectivity index (χ0v) is 46.1. The molecule has 76 heavy (non-hydrogen) atoms. The van der Waals surface area contributed by atoms with Crippen molar-refractivity contribution >= 4 is 35.4 Å². The zero-order chi connectivity index (χ0) is 56.2. The highest BCUT2D eigenvalue weighted by Gasteiger charge is 2.46. The first-order chi connectivity index (χ1) is 36.1. The Morgan fingerprint density at radius 1 is 0.605 bits per heavy atom. The number of carbonyl (C=O) groups excluding carboxylic acids is 6. The highest BCUT2D eigenvalue weighted by atomic mass is 16.7. The molecule has 3 fully saturated rings. The van der Waals surface area contributed by atoms with E-state index in [1.54, 1.807) is 0 Å². The molecule has 1 aliphatic carbocycles. The van der Waals surface area contributed by atoms with E-state index in [9.17, 15) is 59.4 Å². The van der Waals surface area contributed by atoms with E-state index in [-0.39, 0.29) is 55.1 Å². The van der Waals surface area contributed by atoms with Gasteiger partial charge in [0.05, 0.1) is 25.9 Å². The van der Waals surface area contributed by atoms with Gasteiger partial charge in [-0.1, -0.05) is 47.0 Å². The van der Waals surface area contributed by atoms with Gasteiger partial charge in [0, 0.05) is 66.0 Å². The molecule has 11 unspecified atom stereocenters. The lowest BCUT2D eigenvalue weighted by Gasteiger charge is -2.42. The van der Waals surface area contributed by atoms with Crippen LogP contribution in [0.3, 0.4) is 0 Å². The minimum atomic E-state index is -1.43. The van der Waals surface area contributed by atoms with Crippen molar-refractivity contribution in [3.8, 4) is 0 Å². The molecule has 0 radical (unpaired) electrons. The van der Waals surface area contributed by atoms with E-state index in [0.717, 1.165) is 31.6 Å². The smallest absolute Gasteiger partial charge is 0.242 e. The van der Waals surface area contributed by atoms with Gasteiger partial charge in [0.1, 0.15) is 54.7 Å². The molecule has 0 aromatic carbocycles. The molecule has 12 N–H and O–H groups in total. The van der Waals surface area contributed by atoms with Crippen LogP contribution < -0.4 is 31.9 Å². The number of aliphatic hydroxyl groups is 6. The van der Waals surface area contributed by atoms with Crippen molar-refractivity contribution in [3.63, 3.8) is 0 Å². The van der Waals surface area contributed by atoms with Crippen LogP contribution in [-0.2, 0) is 52.5 Å². The first-order valence-electron chi connectivity index (χ1n) is 27.9. The van der Waals surface area contributed by atoms with Gasteiger partial charge < -0.3 is 86.2 Å². The van der Waals surface area contributed by atoms with Crippen molar-refractivity contribution in [1.29, 1.82) is 0 Å². The fourth-order valence-corrected chi connectivity index (χ4v) is 9.76. The van der Waals surface area contributed by atoms with Crippen molar-refractivity contribution in [2.45, 2.75) is 231 Å². The quantitative estimate of drug-likeness (QED) is 0.0374. The Balaban J connectivity index is 1.38. The summed E-state index contributed by atoms with van der Waals surface area (Å²) < 4.78 is 28.8. The van der Waals surface area contributed by atoms with Crippen molar-refractivity contribution in [3.05, 3.63) is 0 Å². The van der Waals surface area contributed by atoms with Crippen LogP contribution >= 0.6 is 0 Å². The topological polar surface area (TPSA) is 342 Å². The number of rotatable bonds is 38. The van der Waals surface area contributed by atoms with Gasteiger partial charge >= 0.3 is 0 Å². The van der Waals surface area contributed by atoms with Crippen LogP contribution in [0.1, 0.15) is 157 Å². The lowest BCUT2D eigenvalue weighted by Crippen LogP contribution is -2.64. The lowest BCUT2D eigenvalue weighted by molar-refractivity contribution is -0.270. The molecular formula is C53H96N6O17. The average Bonchev–Trinajstić information content (AvgIpc) is 3.35. The third kappa shape index (κ3) is 25.4. The Morgan fingerprint density at radius 3 is 1.58 bits per heavy atom. The second-order valence-corrected chi connectivity index (χ2v) is 22.1. The third-order valence-electron chi connectivity index (χ3n) is 14.0. The molecule has 2 saturated heterocycles. The van der Waals surface area contributed by atoms with Gasteiger partial charge in [-0.05, 0) is 94.3 Å². The predicted molar refractivity (Wildman–Crippen MR) is 279 cm³/mol. The summed E-state index contributed by atoms with van der Waals surface area (Å²) in [7, 11) is 0. The van der Waals surface area contributed by atoms with E-state index in [1.165, 1.54) is 13.8 Å². The molecule has 0 bridgehead atoms. The summed E-state index contributed by atoms with van der Waals surface area (Å²) in [5, 5.41) is 77.3. The van der Waals surface area contributed by atoms with Crippen LogP contribution in [0.15, 0.2) is 0 Å². The molecule has 440 valence electrons. The largest absolute Gasteiger partial charge is 0.394 e. The van der Waals surface area contributed by atoms with E-state index in [0.29, 0.717) is 115 Å². The van der Waals surface area contributed by atoms with Gasteiger partial charge in [-0.25, -0.2) is 0 Å². The molecule has 23 heteroatoms. The average molecular weight is 1090 g/mol. The van der Waals surface area contributed by atoms with Crippen molar-refractivity contribution in [1.82, 2.24) is 31.9 Å². The molecule has 3 rings (SSSR count). The van der Waals surface area contributed by atoms with E-state index in [4.69, 9.17) is 23.7 Å². The third-order valence-corrected chi connectivity index (χ3v) is 14.0. The number of hydrogen-bond donors (Lipinski definition) is 12. The minimum absolute atomic E-state index is 0.00108. The second kappa shape index (κ2) is 35.8. The minimum Gasteiger partial charge on any atom is -0.394 e. The van der Waals surface area contributed by atoms with E-state index >= 15 is 0 Å². The van der Waals surface area contributed by atoms with Crippen LogP contribution in [0.2, 0.25) is 0 Å². The molecule has 3 aliphatic rings. The van der Waals surface area contributed by atoms with Gasteiger partial charge in [0.25, 0.3) is 0 Å². The molecule has 12 atom stereocenters. The summed E-state index contributed by atoms with van der Waals surface area (Å²) in [4.78, 5) is 75.3. The first kappa shape index (κ1) is 66.7. The maximum atomic E-state index is 13.5. The molecule has 0 aromatic rings. The summed E-state index contributed by atoms with van der Waals surface area (Å²) in [5.74, 6) is -0.644. The SMILES string of the molecule is CC(=O)NC1C(OCCCCCC(=O)NCCCC[C@H](NC(=O)CCCCCOC2OC(CO)C(O)C(O)C2NC(C)=O)C(=O)NCCCCCC(=O)NCC(C)CC(C)(C)COC2CC(C)C2)OC(CO)C(O)C1O. The summed E-state index contributed by atoms with van der Waals surface area (Å²) in [5.41, 5.74) is 0.0226. The van der Waals surface area contributed by atoms with Crippen molar-refractivity contribution in [2.75, 3.05) is 52.7 Å². The van der Waals surface area contributed by atoms with Gasteiger partial charge in [-0.15, -0.1) is 0 Å². The molecule has 6 amide bonds. The maximum Gasteiger partial charge on any atom is 0.242 e. The van der Waals surface area contributed by atoms with E-state index in [1.807, 2.05) is 0 Å². The van der Waals surface area contributed by atoms with Gasteiger partial charge in [0.15, 0.2) is 12.6 Å². The standard InChI is InChI=1S/C53H96N6O17/c1-33-26-37(27-33)74-32-53(5,6)28-34(2)29-56-42(65)20-10-7-14-23-55-50(71)38(59-43(66)21-12-9-17-25-73-52-45(58-36(4)63)49(70)47(68)40(31-61)76-52)18-13-15-22-54-41(64)19-11-8-16-24-72-51-44(57-35(3)62)48(69)46(67)39(30-60)75-51/h33-34,37-40,44-49,51-52,60-61,67-70H,7-32H2,1-6H3,(H,54,64)(H,55,71)(H,56,65)(H,57,62)(H,58,63)(H,59,66)/t33?,34?,37?,38-,39?,40?,44?,45?,46?,47?,48?,49?,51?,52?/m0/s1. The Morgan fingerprint density at radius 2 is 1.08 bits per heavy atom. The Hall–Kier alpha value is -3.62. The van der Waals surface area contributed by atoms with Crippen molar-refractivity contribution < 1.29 is 83.1 Å². The number of amides is 6. The van der Waals surface area contributed by atoms with Crippen molar-refractivity contribution in [2.24, 2.45) is 17.3 Å². The zero-order valence-electron chi connectivity index (χ0n) is 46.1. The number of hydrogen-bond acceptors (Lipinski definition) is 17. The number of ether oxygens (including phenoxy) is 5. The molecule has 2 heterocycles. The number of unbranched alkanes of at least 4 members (excludes halogenated alkanes) is 7. The summed E-state index contributed by atoms with van der Waals surface area (Å²) in [6.07, 6.45) is 1.02. The van der Waals surface area contributed by atoms with Gasteiger partial charge in [0.2, 0.25) is 35.4 Å². The van der Waals surface area contributed by atoms with Crippen LogP contribution in [0, 0.1) is 17.3 Å². The molecule has 2 aliphatic heterocycles. The fourth-order valence-electron chi connectivity index (χ4n) is 9.76. The Kier molecular flexibility index (Phi) is 31.4. The van der Waals surface area contributed by atoms with Gasteiger partial charge in [-0.2, -0.15) is 0 Å².